The SMILES string of the molecule is N/N=C(\NNC(=O)C(F)(F)C(F)(F)C(F)(F)F)C(F)(F)C(F)(F)C(F)(F)F. The summed E-state index contributed by atoms with van der Waals surface area (Å²) in [6, 6.07) is 0. The molecule has 160 valence electrons. The molecule has 0 aliphatic carbocycles. The second-order valence-corrected chi connectivity index (χ2v) is 4.35. The fourth-order valence-electron chi connectivity index (χ4n) is 1.03. The number of halogens is 14. The molecule has 27 heavy (non-hydrogen) atoms. The van der Waals surface area contributed by atoms with Gasteiger partial charge in [0, 0.05) is 0 Å². The normalized spacial score (nSPS) is 15.6. The number of hydrogen-bond donors (Lipinski definition) is 3. The van der Waals surface area contributed by atoms with E-state index in [1.165, 1.54) is 0 Å². The molecule has 19 heteroatoms. The Hall–Kier alpha value is -2.24. The zero-order valence-electron chi connectivity index (χ0n) is 11.7. The van der Waals surface area contributed by atoms with E-state index in [9.17, 15) is 66.3 Å². The highest BCUT2D eigenvalue weighted by atomic mass is 19.4. The number of alkyl halides is 14. The van der Waals surface area contributed by atoms with Gasteiger partial charge in [0.25, 0.3) is 0 Å². The van der Waals surface area contributed by atoms with Gasteiger partial charge in [0.1, 0.15) is 0 Å². The number of hydrogen-bond acceptors (Lipinski definition) is 3. The van der Waals surface area contributed by atoms with Crippen molar-refractivity contribution in [3.63, 3.8) is 0 Å². The van der Waals surface area contributed by atoms with E-state index in [0.29, 0.717) is 0 Å². The third-order valence-corrected chi connectivity index (χ3v) is 2.51. The minimum atomic E-state index is -7.08. The lowest BCUT2D eigenvalue weighted by molar-refractivity contribution is -0.344. The van der Waals surface area contributed by atoms with Crippen LogP contribution in [0.3, 0.4) is 0 Å². The van der Waals surface area contributed by atoms with Crippen LogP contribution in [0, 0.1) is 0 Å². The van der Waals surface area contributed by atoms with Crippen LogP contribution in [-0.2, 0) is 4.79 Å². The standard InChI is InChI=1S/C8H4F14N4O/c9-3(10,5(13,14)7(17,18)19)1(24-23)25-26-2(27)4(11,12)6(15,16)8(20,21)22/h23H2,(H,24,25)(H,26,27). The third kappa shape index (κ3) is 4.04. The van der Waals surface area contributed by atoms with E-state index in [2.05, 4.69) is 5.84 Å². The number of nitrogens with one attached hydrogen (secondary N) is 2. The summed E-state index contributed by atoms with van der Waals surface area (Å²) in [7, 11) is 0. The molecule has 0 saturated heterocycles. The number of amidine groups is 1. The molecule has 0 spiro atoms. The molecule has 0 rings (SSSR count). The second-order valence-electron chi connectivity index (χ2n) is 4.35. The van der Waals surface area contributed by atoms with E-state index in [4.69, 9.17) is 0 Å². The van der Waals surface area contributed by atoms with Crippen LogP contribution in [0.5, 0.6) is 0 Å². The van der Waals surface area contributed by atoms with Crippen molar-refractivity contribution in [1.29, 1.82) is 0 Å². The van der Waals surface area contributed by atoms with Gasteiger partial charge in [-0.25, -0.2) is 0 Å². The minimum Gasteiger partial charge on any atom is -0.321 e. The Bertz CT molecular complexity index is 591. The molecular weight excluding hydrogens is 434 g/mol. The van der Waals surface area contributed by atoms with Crippen molar-refractivity contribution < 1.29 is 66.3 Å². The molecule has 0 aliphatic heterocycles. The van der Waals surface area contributed by atoms with Crippen LogP contribution >= 0.6 is 0 Å². The number of amides is 1. The van der Waals surface area contributed by atoms with Crippen molar-refractivity contribution in [1.82, 2.24) is 10.9 Å². The lowest BCUT2D eigenvalue weighted by Crippen LogP contribution is -2.65. The molecule has 0 saturated carbocycles. The zero-order valence-corrected chi connectivity index (χ0v) is 11.7. The molecule has 0 aromatic carbocycles. The lowest BCUT2D eigenvalue weighted by atomic mass is 10.1. The first-order valence-electron chi connectivity index (χ1n) is 5.58. The first-order valence-corrected chi connectivity index (χ1v) is 5.58. The van der Waals surface area contributed by atoms with E-state index in [-0.39, 0.29) is 10.9 Å². The highest BCUT2D eigenvalue weighted by Gasteiger charge is 2.77. The van der Waals surface area contributed by atoms with E-state index < -0.39 is 47.8 Å². The Morgan fingerprint density at radius 1 is 0.630 bits per heavy atom. The number of hydrazine groups is 1. The van der Waals surface area contributed by atoms with Crippen LogP contribution in [0.2, 0.25) is 0 Å². The van der Waals surface area contributed by atoms with Crippen molar-refractivity contribution in [2.24, 2.45) is 10.9 Å². The van der Waals surface area contributed by atoms with Gasteiger partial charge in [-0.15, -0.1) is 0 Å². The van der Waals surface area contributed by atoms with Gasteiger partial charge >= 0.3 is 41.9 Å². The molecule has 0 atom stereocenters. The Kier molecular flexibility index (Phi) is 6.17. The first kappa shape index (κ1) is 24.8. The highest BCUT2D eigenvalue weighted by molar-refractivity contribution is 5.93. The average Bonchev–Trinajstić information content (AvgIpc) is 2.44. The second kappa shape index (κ2) is 6.73. The molecule has 4 N–H and O–H groups in total. The molecule has 0 aromatic heterocycles. The van der Waals surface area contributed by atoms with Crippen molar-refractivity contribution in [2.75, 3.05) is 0 Å². The molecule has 0 aromatic rings. The summed E-state index contributed by atoms with van der Waals surface area (Å²) in [4.78, 5) is 10.7. The molecule has 5 nitrogen and oxygen atoms in total. The number of nitrogens with zero attached hydrogens (tertiary/aromatic N) is 1. The minimum absolute atomic E-state index is 0.0286. The summed E-state index contributed by atoms with van der Waals surface area (Å²) in [5.41, 5.74) is 0.104. The maximum Gasteiger partial charge on any atom is 0.460 e. The predicted molar refractivity (Wildman–Crippen MR) is 54.8 cm³/mol. The van der Waals surface area contributed by atoms with Crippen LogP contribution in [0.15, 0.2) is 5.10 Å². The quantitative estimate of drug-likeness (QED) is 0.208. The fraction of sp³-hybridized carbons (Fsp3) is 0.750. The van der Waals surface area contributed by atoms with Gasteiger partial charge < -0.3 is 5.84 Å². The summed E-state index contributed by atoms with van der Waals surface area (Å²) in [6.45, 7) is 0. The number of nitrogens with two attached hydrogens (primary N) is 1. The van der Waals surface area contributed by atoms with Gasteiger partial charge in [0.2, 0.25) is 5.84 Å². The average molecular weight is 438 g/mol. The molecule has 0 unspecified atom stereocenters. The summed E-state index contributed by atoms with van der Waals surface area (Å²) >= 11 is 0. The Labute approximate surface area is 137 Å². The largest absolute Gasteiger partial charge is 0.460 e. The summed E-state index contributed by atoms with van der Waals surface area (Å²) in [5.74, 6) is -30.1. The van der Waals surface area contributed by atoms with Crippen LogP contribution in [0.4, 0.5) is 61.5 Å². The maximum atomic E-state index is 13.1. The van der Waals surface area contributed by atoms with Crippen LogP contribution < -0.4 is 16.7 Å². The molecule has 0 bridgehead atoms. The Morgan fingerprint density at radius 3 is 1.26 bits per heavy atom. The smallest absolute Gasteiger partial charge is 0.321 e. The number of carbonyl (C=O) groups is 1. The Balaban J connectivity index is 5.60. The number of rotatable bonds is 4. The van der Waals surface area contributed by atoms with Crippen LogP contribution in [0.1, 0.15) is 0 Å². The number of carbonyl (C=O) groups excluding carboxylic acids is 1. The van der Waals surface area contributed by atoms with E-state index in [0.717, 1.165) is 0 Å². The van der Waals surface area contributed by atoms with Crippen LogP contribution in [-0.4, -0.2) is 47.8 Å². The van der Waals surface area contributed by atoms with Gasteiger partial charge in [0.15, 0.2) is 0 Å². The lowest BCUT2D eigenvalue weighted by Gasteiger charge is -2.30. The molecule has 0 heterocycles. The highest BCUT2D eigenvalue weighted by Crippen LogP contribution is 2.47. The molecular formula is C8H4F14N4O. The van der Waals surface area contributed by atoms with E-state index in [1.54, 1.807) is 5.10 Å². The zero-order chi connectivity index (χ0) is 22.3. The van der Waals surface area contributed by atoms with Gasteiger partial charge in [-0.2, -0.15) is 66.6 Å². The summed E-state index contributed by atoms with van der Waals surface area (Å²) < 4.78 is 173. The maximum absolute atomic E-state index is 13.1. The first-order chi connectivity index (χ1) is 11.6. The fourth-order valence-corrected chi connectivity index (χ4v) is 1.03. The van der Waals surface area contributed by atoms with E-state index in [1.807, 2.05) is 0 Å². The van der Waals surface area contributed by atoms with E-state index >= 15 is 0 Å². The monoisotopic (exact) mass is 438 g/mol. The van der Waals surface area contributed by atoms with Gasteiger partial charge in [-0.1, -0.05) is 0 Å². The predicted octanol–water partition coefficient (Wildman–Crippen LogP) is 2.55. The number of hydrazone groups is 1. The summed E-state index contributed by atoms with van der Waals surface area (Å²) in [5, 5.41) is 1.61. The van der Waals surface area contributed by atoms with Crippen molar-refractivity contribution in [3.8, 4) is 0 Å². The molecule has 1 amide bonds. The third-order valence-electron chi connectivity index (χ3n) is 2.51. The molecule has 0 fully saturated rings. The molecule has 0 aliphatic rings. The van der Waals surface area contributed by atoms with Gasteiger partial charge in [-0.05, 0) is 0 Å². The van der Waals surface area contributed by atoms with Crippen molar-refractivity contribution >= 4 is 11.7 Å². The topological polar surface area (TPSA) is 79.5 Å². The van der Waals surface area contributed by atoms with Crippen molar-refractivity contribution in [2.45, 2.75) is 36.0 Å². The van der Waals surface area contributed by atoms with Gasteiger partial charge in [0.05, 0.1) is 0 Å². The van der Waals surface area contributed by atoms with Crippen molar-refractivity contribution in [3.05, 3.63) is 0 Å². The molecule has 0 radical (unpaired) electrons. The van der Waals surface area contributed by atoms with Gasteiger partial charge in [-0.3, -0.25) is 15.6 Å². The Morgan fingerprint density at radius 2 is 0.963 bits per heavy atom. The summed E-state index contributed by atoms with van der Waals surface area (Å²) in [6.07, 6.45) is -14.0. The van der Waals surface area contributed by atoms with Crippen LogP contribution in [0.25, 0.3) is 0 Å².